The minimum absolute atomic E-state index is 0. The van der Waals surface area contributed by atoms with Crippen molar-refractivity contribution in [2.75, 3.05) is 14.1 Å². The van der Waals surface area contributed by atoms with E-state index in [4.69, 9.17) is 68.2 Å². The van der Waals surface area contributed by atoms with Crippen molar-refractivity contribution >= 4 is 36.1 Å². The molecule has 2 amide bonds. The standard InChI is InChI=1S/C29H39NO6.C16H16O3.C13H25NO4.CH4.15H2/c1-28(2,3)19-23(30(7)27(33)36-29(4,5)6)25(31)35-24(18-21-14-10-8-11-15-21)26(32)34-20-22-16-12-9-13-17-22;17-15(11-13-7-3-1-4-8-13)16(18)19-12-14-9-5-2-6-10-14;1-12(2,3)8-9(10(15)16)14(7)11(17)18-13(4,5)6;;;;;;;;;;;;;;;;/h8-17,23-24H,18-20H2,1-7H3;1-10,15,17H,11-12H2;9H,8H2,1-7H3,(H,15,16);1H4;15*1H/t23-,24+;15-;9-;;;;;;;;;;;;;;;;/m010................/s1/i;;;;15*1+1D. The molecular weight excluding hydrogens is 945 g/mol. The number of amides is 2. The second-order valence-electron chi connectivity index (χ2n) is 22.1. The van der Waals surface area contributed by atoms with Gasteiger partial charge in [0.15, 0.2) is 6.10 Å². The van der Waals surface area contributed by atoms with Crippen molar-refractivity contribution in [3.8, 4) is 0 Å². The monoisotopic (exact) mass is 1090 g/mol. The number of carbonyl (C=O) groups is 6. The van der Waals surface area contributed by atoms with Crippen molar-refractivity contribution < 1.29 is 107 Å². The van der Waals surface area contributed by atoms with E-state index >= 15 is 0 Å². The number of esters is 3. The lowest BCUT2D eigenvalue weighted by Gasteiger charge is -2.33. The molecule has 0 bridgehead atoms. The van der Waals surface area contributed by atoms with Crippen LogP contribution in [0.15, 0.2) is 121 Å². The number of nitrogens with zero attached hydrogens (tertiary/aromatic N) is 2. The van der Waals surface area contributed by atoms with Gasteiger partial charge in [0.1, 0.15) is 36.5 Å². The summed E-state index contributed by atoms with van der Waals surface area (Å²) in [7, 11) is 2.96. The number of hydrogen-bond acceptors (Lipinski definition) is 12. The van der Waals surface area contributed by atoms with Crippen LogP contribution in [0.5, 0.6) is 0 Å². The second-order valence-corrected chi connectivity index (χ2v) is 22.1. The molecule has 0 aromatic heterocycles. The number of likely N-dealkylation sites (N-methyl/N-ethyl adjacent to an activating group) is 2. The Kier molecular flexibility index (Phi) is 18.0. The molecule has 0 saturated carbocycles. The summed E-state index contributed by atoms with van der Waals surface area (Å²) in [5.41, 5.74) is 1.62. The molecule has 0 unspecified atom stereocenters. The molecular formula is C59H114N2O13. The Morgan fingerprint density at radius 2 is 0.824 bits per heavy atom. The number of carbonyl (C=O) groups excluding carboxylic acids is 5. The van der Waals surface area contributed by atoms with Crippen LogP contribution in [-0.4, -0.2) is 106 Å². The van der Waals surface area contributed by atoms with Crippen LogP contribution in [0.2, 0.25) is 0 Å². The first-order valence-electron chi connectivity index (χ1n) is 39.4. The van der Waals surface area contributed by atoms with E-state index in [1.807, 2.05) is 163 Å². The molecule has 15 heteroatoms. The van der Waals surface area contributed by atoms with Gasteiger partial charge in [0, 0.05) is 71.5 Å². The molecule has 0 saturated heterocycles. The van der Waals surface area contributed by atoms with E-state index in [0.717, 1.165) is 27.2 Å². The molecule has 4 aromatic rings. The van der Waals surface area contributed by atoms with Gasteiger partial charge in [-0.1, -0.05) is 170 Å². The molecule has 15 nitrogen and oxygen atoms in total. The third-order valence-electron chi connectivity index (χ3n) is 10.2. The molecule has 0 aliphatic carbocycles. The Bertz CT molecular complexity index is 2390. The third kappa shape index (κ3) is 27.4. The van der Waals surface area contributed by atoms with Gasteiger partial charge in [-0.3, -0.25) is 9.80 Å². The van der Waals surface area contributed by atoms with Crippen LogP contribution in [0, 0.1) is 10.8 Å². The van der Waals surface area contributed by atoms with Gasteiger partial charge in [-0.25, -0.2) is 28.8 Å². The van der Waals surface area contributed by atoms with E-state index in [2.05, 4.69) is 0 Å². The molecule has 0 heterocycles. The highest BCUT2D eigenvalue weighted by Crippen LogP contribution is 2.27. The smallest absolute Gasteiger partial charge is 0.410 e. The maximum atomic E-state index is 13.4. The minimum Gasteiger partial charge on any atom is -0.480 e. The lowest BCUT2D eigenvalue weighted by atomic mass is 9.87. The minimum atomic E-state index is -1.17. The van der Waals surface area contributed by atoms with Crippen LogP contribution in [0.4, 0.5) is 9.59 Å². The summed E-state index contributed by atoms with van der Waals surface area (Å²) in [6, 6.07) is 35.5. The van der Waals surface area contributed by atoms with Gasteiger partial charge in [0.05, 0.1) is 0 Å². The molecule has 2 N–H and O–H groups in total. The summed E-state index contributed by atoms with van der Waals surface area (Å²) in [6.07, 6.45) is -2.42. The zero-order valence-electron chi connectivity index (χ0n) is 75.4. The number of aliphatic hydroxyl groups is 1. The Morgan fingerprint density at radius 3 is 1.18 bits per heavy atom. The van der Waals surface area contributed by atoms with E-state index in [9.17, 15) is 39.0 Å². The van der Waals surface area contributed by atoms with E-state index < -0.39 is 71.6 Å². The highest BCUT2D eigenvalue weighted by molar-refractivity contribution is 5.85. The molecule has 74 heavy (non-hydrogen) atoms. The summed E-state index contributed by atoms with van der Waals surface area (Å²) in [6.45, 7) is 22.5. The summed E-state index contributed by atoms with van der Waals surface area (Å²) in [5, 5.41) is 19.0. The predicted octanol–water partition coefficient (Wildman–Crippen LogP) is 15.0. The number of carboxylic acid groups (broad SMARTS) is 1. The summed E-state index contributed by atoms with van der Waals surface area (Å²) >= 11 is 0. The maximum absolute atomic E-state index is 13.4. The molecule has 0 aliphatic heterocycles. The summed E-state index contributed by atoms with van der Waals surface area (Å²) in [5.74, 6) is -2.94. The lowest BCUT2D eigenvalue weighted by molar-refractivity contribution is -0.172. The second kappa shape index (κ2) is 30.5. The SMILES string of the molecule is C.CN(C(=O)OC(C)(C)C)[C@@H](CC(C)(C)C)C(=O)O.CN(C(=O)OC(C)(C)C)[C@@H](CC(C)(C)C)C(=O)O[C@H](Cc1ccccc1)C(=O)OCc1ccccc1.O=C(OCc1ccccc1)[C@H](O)Cc1ccccc1.[2H][2H].[2H][2H].[2H][2H].[2H][2H].[2H][2H].[2H][2H].[2H][2H].[2H][2H].[2H][2H].[2H][2H].[2H][2H].[2H][2H].[2H][2H].[2H][2H].[2H][2H]. The zero-order valence-corrected chi connectivity index (χ0v) is 45.4. The van der Waals surface area contributed by atoms with E-state index in [0.29, 0.717) is 12.8 Å². The number of rotatable bonds is 17. The average molecular weight is 1090 g/mol. The fourth-order valence-electron chi connectivity index (χ4n) is 6.64. The fraction of sp³-hybridized carbons (Fsp3) is 0.492. The Balaban J connectivity index is -0.0000000770. The van der Waals surface area contributed by atoms with Crippen molar-refractivity contribution in [2.24, 2.45) is 10.8 Å². The summed E-state index contributed by atoms with van der Waals surface area (Å²) < 4.78 is 177. The molecule has 438 valence electrons. The average Bonchev–Trinajstić information content (AvgIpc) is 0.843. The first-order valence-corrected chi connectivity index (χ1v) is 24.4. The lowest BCUT2D eigenvalue weighted by Crippen LogP contribution is -2.48. The maximum Gasteiger partial charge on any atom is 0.410 e. The summed E-state index contributed by atoms with van der Waals surface area (Å²) in [4.78, 5) is 76.4. The normalized spacial score (nSPS) is 14.5. The number of aliphatic carboxylic acids is 1. The van der Waals surface area contributed by atoms with Crippen molar-refractivity contribution in [3.05, 3.63) is 144 Å². The van der Waals surface area contributed by atoms with Gasteiger partial charge in [0.25, 0.3) is 0 Å². The van der Waals surface area contributed by atoms with Gasteiger partial charge in [-0.2, -0.15) is 0 Å². The van der Waals surface area contributed by atoms with Crippen molar-refractivity contribution in [2.45, 2.75) is 165 Å². The number of hydrogen-bond donors (Lipinski definition) is 2. The Morgan fingerprint density at radius 1 is 0.500 bits per heavy atom. The highest BCUT2D eigenvalue weighted by atomic mass is 16.6. The van der Waals surface area contributed by atoms with E-state index in [-0.39, 0.29) is 44.3 Å². The molecule has 0 fully saturated rings. The van der Waals surface area contributed by atoms with Gasteiger partial charge < -0.3 is 33.9 Å². The largest absolute Gasteiger partial charge is 0.480 e. The molecule has 4 rings (SSSR count). The number of ether oxygens (including phenoxy) is 5. The number of aliphatic hydroxyl groups excluding tert-OH is 1. The van der Waals surface area contributed by atoms with Crippen LogP contribution in [0.25, 0.3) is 0 Å². The molecule has 0 radical (unpaired) electrons. The number of benzene rings is 4. The fourth-order valence-corrected chi connectivity index (χ4v) is 6.64. The van der Waals surface area contributed by atoms with Gasteiger partial charge >= 0.3 is 36.1 Å². The van der Waals surface area contributed by atoms with Crippen LogP contribution in [0.3, 0.4) is 0 Å². The Labute approximate surface area is 486 Å². The molecule has 4 aromatic carbocycles. The van der Waals surface area contributed by atoms with Gasteiger partial charge in [-0.15, -0.1) is 0 Å². The van der Waals surface area contributed by atoms with Crippen molar-refractivity contribution in [1.29, 1.82) is 0 Å². The van der Waals surface area contributed by atoms with Crippen LogP contribution in [0.1, 0.15) is 170 Å². The van der Waals surface area contributed by atoms with Crippen LogP contribution in [-0.2, 0) is 68.9 Å². The third-order valence-corrected chi connectivity index (χ3v) is 10.2. The zero-order chi connectivity index (χ0) is 85.2. The molecule has 4 atom stereocenters. The van der Waals surface area contributed by atoms with Crippen molar-refractivity contribution in [1.82, 2.24) is 9.80 Å². The Hall–Kier alpha value is -6.74. The first-order chi connectivity index (χ1) is 48.8. The van der Waals surface area contributed by atoms with E-state index in [1.54, 1.807) is 41.5 Å². The van der Waals surface area contributed by atoms with Crippen LogP contribution < -0.4 is 0 Å². The van der Waals surface area contributed by atoms with Gasteiger partial charge in [0.2, 0.25) is 6.10 Å². The van der Waals surface area contributed by atoms with E-state index in [1.165, 1.54) is 19.0 Å². The quantitative estimate of drug-likeness (QED) is 0.0749. The topological polar surface area (TPSA) is 196 Å². The molecule has 0 spiro atoms. The molecule has 0 aliphatic rings. The van der Waals surface area contributed by atoms with Gasteiger partial charge in [-0.05, 0) is 87.5 Å². The highest BCUT2D eigenvalue weighted by Gasteiger charge is 2.38. The first kappa shape index (κ1) is 43.6. The van der Waals surface area contributed by atoms with Crippen LogP contribution >= 0.6 is 0 Å². The van der Waals surface area contributed by atoms with Crippen molar-refractivity contribution in [3.63, 3.8) is 0 Å². The predicted molar refractivity (Wildman–Crippen MR) is 318 cm³/mol. The number of carboxylic acids is 1.